The molecule has 1 aromatic carbocycles. The Balaban J connectivity index is 2.62. The van der Waals surface area contributed by atoms with E-state index in [1.807, 2.05) is 44.2 Å². The quantitative estimate of drug-likeness (QED) is 0.852. The minimum atomic E-state index is -0.173. The molecule has 0 bridgehead atoms. The SMILES string of the molecule is CC(C)Oc1ccccc1-c1ccc(CN)c(=O)n1CCO. The van der Waals surface area contributed by atoms with Gasteiger partial charge in [-0.05, 0) is 32.0 Å². The number of pyridine rings is 1. The Morgan fingerprint density at radius 2 is 1.95 bits per heavy atom. The van der Waals surface area contributed by atoms with E-state index in [9.17, 15) is 9.90 Å². The molecule has 0 unspecified atom stereocenters. The van der Waals surface area contributed by atoms with Crippen LogP contribution in [0.1, 0.15) is 19.4 Å². The number of hydrogen-bond donors (Lipinski definition) is 2. The van der Waals surface area contributed by atoms with Crippen LogP contribution < -0.4 is 16.0 Å². The van der Waals surface area contributed by atoms with Crippen LogP contribution >= 0.6 is 0 Å². The molecule has 0 saturated heterocycles. The van der Waals surface area contributed by atoms with Crippen molar-refractivity contribution in [3.8, 4) is 17.0 Å². The van der Waals surface area contributed by atoms with Crippen LogP contribution in [-0.4, -0.2) is 22.4 Å². The molecule has 5 heteroatoms. The molecule has 0 aliphatic heterocycles. The summed E-state index contributed by atoms with van der Waals surface area (Å²) in [4.78, 5) is 12.4. The first-order chi connectivity index (χ1) is 10.6. The van der Waals surface area contributed by atoms with Gasteiger partial charge in [0, 0.05) is 24.2 Å². The van der Waals surface area contributed by atoms with Gasteiger partial charge in [-0.25, -0.2) is 0 Å². The van der Waals surface area contributed by atoms with Crippen LogP contribution in [-0.2, 0) is 13.1 Å². The van der Waals surface area contributed by atoms with E-state index in [1.165, 1.54) is 0 Å². The van der Waals surface area contributed by atoms with Crippen LogP contribution in [0.4, 0.5) is 0 Å². The van der Waals surface area contributed by atoms with Crippen molar-refractivity contribution in [2.45, 2.75) is 33.0 Å². The first-order valence-corrected chi connectivity index (χ1v) is 7.38. The smallest absolute Gasteiger partial charge is 0.255 e. The topological polar surface area (TPSA) is 77.5 Å². The predicted molar refractivity (Wildman–Crippen MR) is 86.9 cm³/mol. The first-order valence-electron chi connectivity index (χ1n) is 7.38. The molecule has 0 radical (unpaired) electrons. The number of nitrogens with zero attached hydrogens (tertiary/aromatic N) is 1. The summed E-state index contributed by atoms with van der Waals surface area (Å²) in [7, 11) is 0. The first kappa shape index (κ1) is 16.3. The molecule has 0 aliphatic carbocycles. The summed E-state index contributed by atoms with van der Waals surface area (Å²) in [6.45, 7) is 4.19. The van der Waals surface area contributed by atoms with Crippen molar-refractivity contribution >= 4 is 0 Å². The van der Waals surface area contributed by atoms with Gasteiger partial charge in [0.15, 0.2) is 0 Å². The van der Waals surface area contributed by atoms with Crippen LogP contribution in [0.25, 0.3) is 11.3 Å². The zero-order valence-electron chi connectivity index (χ0n) is 13.0. The monoisotopic (exact) mass is 302 g/mol. The fraction of sp³-hybridized carbons (Fsp3) is 0.353. The van der Waals surface area contributed by atoms with E-state index >= 15 is 0 Å². The second-order valence-corrected chi connectivity index (χ2v) is 5.29. The van der Waals surface area contributed by atoms with Crippen molar-refractivity contribution in [3.05, 3.63) is 52.3 Å². The van der Waals surface area contributed by atoms with Gasteiger partial charge in [-0.15, -0.1) is 0 Å². The molecular formula is C17H22N2O3. The maximum atomic E-state index is 12.4. The third-order valence-electron chi connectivity index (χ3n) is 3.32. The van der Waals surface area contributed by atoms with Gasteiger partial charge in [0.05, 0.1) is 18.4 Å². The average molecular weight is 302 g/mol. The summed E-state index contributed by atoms with van der Waals surface area (Å²) in [6.07, 6.45) is 0.0301. The van der Waals surface area contributed by atoms with E-state index in [2.05, 4.69) is 0 Å². The zero-order chi connectivity index (χ0) is 16.1. The van der Waals surface area contributed by atoms with Gasteiger partial charge in [-0.1, -0.05) is 18.2 Å². The van der Waals surface area contributed by atoms with Gasteiger partial charge in [-0.3, -0.25) is 4.79 Å². The van der Waals surface area contributed by atoms with Gasteiger partial charge >= 0.3 is 0 Å². The molecule has 118 valence electrons. The van der Waals surface area contributed by atoms with Crippen molar-refractivity contribution < 1.29 is 9.84 Å². The summed E-state index contributed by atoms with van der Waals surface area (Å²) in [5.74, 6) is 0.712. The standard InChI is InChI=1S/C17H22N2O3/c1-12(2)22-16-6-4-3-5-14(16)15-8-7-13(11-18)17(21)19(15)9-10-20/h3-8,12,20H,9-11,18H2,1-2H3. The van der Waals surface area contributed by atoms with Gasteiger partial charge in [0.2, 0.25) is 0 Å². The van der Waals surface area contributed by atoms with Crippen LogP contribution in [0.15, 0.2) is 41.2 Å². The zero-order valence-corrected chi connectivity index (χ0v) is 13.0. The van der Waals surface area contributed by atoms with E-state index in [0.717, 1.165) is 5.56 Å². The number of aliphatic hydroxyl groups is 1. The number of hydrogen-bond acceptors (Lipinski definition) is 4. The molecule has 0 fully saturated rings. The van der Waals surface area contributed by atoms with Crippen molar-refractivity contribution in [2.24, 2.45) is 5.73 Å². The minimum absolute atomic E-state index is 0.0301. The molecule has 5 nitrogen and oxygen atoms in total. The number of para-hydroxylation sites is 1. The average Bonchev–Trinajstić information content (AvgIpc) is 2.49. The molecule has 0 spiro atoms. The molecule has 3 N–H and O–H groups in total. The Morgan fingerprint density at radius 1 is 1.23 bits per heavy atom. The second kappa shape index (κ2) is 7.24. The molecule has 1 heterocycles. The molecule has 0 amide bonds. The summed E-state index contributed by atoms with van der Waals surface area (Å²) < 4.78 is 7.37. The predicted octanol–water partition coefficient (Wildman–Crippen LogP) is 1.75. The number of aliphatic hydroxyl groups excluding tert-OH is 1. The third-order valence-corrected chi connectivity index (χ3v) is 3.32. The Kier molecular flexibility index (Phi) is 5.35. The molecule has 1 aromatic heterocycles. The summed E-state index contributed by atoms with van der Waals surface area (Å²) in [5.41, 5.74) is 7.49. The lowest BCUT2D eigenvalue weighted by molar-refractivity contribution is 0.243. The Bertz CT molecular complexity index is 693. The highest BCUT2D eigenvalue weighted by Crippen LogP contribution is 2.30. The van der Waals surface area contributed by atoms with Gasteiger partial charge in [0.1, 0.15) is 5.75 Å². The highest BCUT2D eigenvalue weighted by Gasteiger charge is 2.14. The van der Waals surface area contributed by atoms with E-state index in [1.54, 1.807) is 10.6 Å². The van der Waals surface area contributed by atoms with Crippen LogP contribution in [0.2, 0.25) is 0 Å². The van der Waals surface area contributed by atoms with E-state index in [4.69, 9.17) is 10.5 Å². The van der Waals surface area contributed by atoms with Crippen LogP contribution in [0.5, 0.6) is 5.75 Å². The van der Waals surface area contributed by atoms with Crippen LogP contribution in [0, 0.1) is 0 Å². The third kappa shape index (κ3) is 3.37. The van der Waals surface area contributed by atoms with Crippen molar-refractivity contribution in [3.63, 3.8) is 0 Å². The van der Waals surface area contributed by atoms with E-state index in [0.29, 0.717) is 17.0 Å². The second-order valence-electron chi connectivity index (χ2n) is 5.29. The Morgan fingerprint density at radius 3 is 2.59 bits per heavy atom. The maximum absolute atomic E-state index is 12.4. The number of aromatic nitrogens is 1. The van der Waals surface area contributed by atoms with Gasteiger partial charge in [-0.2, -0.15) is 0 Å². The molecule has 0 saturated carbocycles. The maximum Gasteiger partial charge on any atom is 0.255 e. The lowest BCUT2D eigenvalue weighted by Gasteiger charge is -2.18. The number of ether oxygens (including phenoxy) is 1. The number of nitrogens with two attached hydrogens (primary N) is 1. The van der Waals surface area contributed by atoms with Crippen LogP contribution in [0.3, 0.4) is 0 Å². The van der Waals surface area contributed by atoms with Crippen molar-refractivity contribution in [1.82, 2.24) is 4.57 Å². The normalized spacial score (nSPS) is 11.0. The molecular weight excluding hydrogens is 280 g/mol. The van der Waals surface area contributed by atoms with Crippen molar-refractivity contribution in [2.75, 3.05) is 6.61 Å². The Hall–Kier alpha value is -2.11. The molecule has 0 atom stereocenters. The number of benzene rings is 1. The Labute approximate surface area is 130 Å². The van der Waals surface area contributed by atoms with E-state index < -0.39 is 0 Å². The number of rotatable bonds is 6. The largest absolute Gasteiger partial charge is 0.490 e. The fourth-order valence-electron chi connectivity index (χ4n) is 2.37. The highest BCUT2D eigenvalue weighted by atomic mass is 16.5. The van der Waals surface area contributed by atoms with E-state index in [-0.39, 0.29) is 31.4 Å². The summed E-state index contributed by atoms with van der Waals surface area (Å²) in [6, 6.07) is 11.2. The lowest BCUT2D eigenvalue weighted by atomic mass is 10.1. The molecule has 2 aromatic rings. The molecule has 0 aliphatic rings. The lowest BCUT2D eigenvalue weighted by Crippen LogP contribution is -2.27. The molecule has 22 heavy (non-hydrogen) atoms. The van der Waals surface area contributed by atoms with Crippen molar-refractivity contribution in [1.29, 1.82) is 0 Å². The summed E-state index contributed by atoms with van der Waals surface area (Å²) >= 11 is 0. The fourth-order valence-corrected chi connectivity index (χ4v) is 2.37. The summed E-state index contributed by atoms with van der Waals surface area (Å²) in [5, 5.41) is 9.27. The molecule has 2 rings (SSSR count). The van der Waals surface area contributed by atoms with Gasteiger partial charge < -0.3 is 20.1 Å². The highest BCUT2D eigenvalue weighted by molar-refractivity contribution is 5.67. The minimum Gasteiger partial charge on any atom is -0.490 e. The van der Waals surface area contributed by atoms with Gasteiger partial charge in [0.25, 0.3) is 5.56 Å².